The molecule has 108 valence electrons. The number of hydrogen-bond donors (Lipinski definition) is 2. The van der Waals surface area contributed by atoms with Crippen LogP contribution >= 0.6 is 0 Å². The third-order valence-corrected chi connectivity index (χ3v) is 4.88. The minimum absolute atomic E-state index is 0.0366. The first-order valence-electron chi connectivity index (χ1n) is 7.34. The number of fused-ring (bicyclic) bond motifs is 1. The van der Waals surface area contributed by atoms with Crippen molar-refractivity contribution in [3.63, 3.8) is 0 Å². The van der Waals surface area contributed by atoms with E-state index >= 15 is 0 Å². The normalized spacial score (nSPS) is 29.4. The Balaban J connectivity index is 2.25. The number of aromatic nitrogens is 1. The first-order chi connectivity index (χ1) is 10.7. The smallest absolute Gasteiger partial charge is 0.191 e. The Morgan fingerprint density at radius 3 is 2.64 bits per heavy atom. The summed E-state index contributed by atoms with van der Waals surface area (Å²) in [4.78, 5) is 3.11. The summed E-state index contributed by atoms with van der Waals surface area (Å²) in [5.74, 6) is -1.21. The van der Waals surface area contributed by atoms with Crippen LogP contribution in [0.15, 0.2) is 30.0 Å². The molecule has 3 atom stereocenters. The van der Waals surface area contributed by atoms with Crippen LogP contribution in [0.2, 0.25) is 0 Å². The average molecular weight is 289 g/mol. The number of allylic oxidation sites excluding steroid dienone is 2. The molecular formula is C17H15N5. The fourth-order valence-corrected chi connectivity index (χ4v) is 3.89. The summed E-state index contributed by atoms with van der Waals surface area (Å²) < 4.78 is 0. The summed E-state index contributed by atoms with van der Waals surface area (Å²) in [7, 11) is 0. The molecule has 5 heteroatoms. The number of rotatable bonds is 1. The lowest BCUT2D eigenvalue weighted by atomic mass is 9.54. The molecule has 0 aliphatic heterocycles. The third-order valence-electron chi connectivity index (χ3n) is 4.88. The van der Waals surface area contributed by atoms with E-state index in [4.69, 9.17) is 5.41 Å². The zero-order valence-corrected chi connectivity index (χ0v) is 12.0. The van der Waals surface area contributed by atoms with Crippen molar-refractivity contribution in [3.8, 4) is 18.2 Å². The van der Waals surface area contributed by atoms with Crippen molar-refractivity contribution < 1.29 is 0 Å². The topological polar surface area (TPSA) is 111 Å². The highest BCUT2D eigenvalue weighted by Gasteiger charge is 2.57. The van der Waals surface area contributed by atoms with Crippen LogP contribution in [0.4, 0.5) is 0 Å². The van der Waals surface area contributed by atoms with Crippen LogP contribution in [-0.2, 0) is 0 Å². The van der Waals surface area contributed by atoms with Crippen LogP contribution in [0, 0.1) is 56.7 Å². The second-order valence-corrected chi connectivity index (χ2v) is 5.85. The molecule has 0 bridgehead atoms. The second kappa shape index (κ2) is 5.17. The SMILES string of the molecule is N#C[C@@H]1C(=N)C(C#N)(C#N)[C@@H](c2ccc[nH]2)[C@@H]2CCCC=C12. The van der Waals surface area contributed by atoms with Crippen LogP contribution < -0.4 is 0 Å². The number of H-pyrrole nitrogens is 1. The number of hydrogen-bond acceptors (Lipinski definition) is 4. The maximum absolute atomic E-state index is 9.73. The Bertz CT molecular complexity index is 736. The highest BCUT2D eigenvalue weighted by Crippen LogP contribution is 2.54. The van der Waals surface area contributed by atoms with E-state index < -0.39 is 17.3 Å². The molecular weight excluding hydrogens is 274 g/mol. The van der Waals surface area contributed by atoms with Gasteiger partial charge in [0.25, 0.3) is 0 Å². The Morgan fingerprint density at radius 1 is 1.27 bits per heavy atom. The molecule has 0 spiro atoms. The fraction of sp³-hybridized carbons (Fsp3) is 0.412. The average Bonchev–Trinajstić information content (AvgIpc) is 3.08. The van der Waals surface area contributed by atoms with Crippen molar-refractivity contribution in [1.82, 2.24) is 4.98 Å². The van der Waals surface area contributed by atoms with Crippen LogP contribution in [0.3, 0.4) is 0 Å². The van der Waals surface area contributed by atoms with Gasteiger partial charge in [-0.2, -0.15) is 15.8 Å². The summed E-state index contributed by atoms with van der Waals surface area (Å²) >= 11 is 0. The van der Waals surface area contributed by atoms with Crippen molar-refractivity contribution in [3.05, 3.63) is 35.7 Å². The van der Waals surface area contributed by atoms with Gasteiger partial charge in [0.05, 0.1) is 23.9 Å². The largest absolute Gasteiger partial charge is 0.365 e. The molecule has 0 amide bonds. The molecule has 1 fully saturated rings. The molecule has 0 aromatic carbocycles. The van der Waals surface area contributed by atoms with E-state index in [9.17, 15) is 15.8 Å². The number of nitrogens with zero attached hydrogens (tertiary/aromatic N) is 3. The van der Waals surface area contributed by atoms with Crippen LogP contribution in [0.1, 0.15) is 30.9 Å². The Labute approximate surface area is 129 Å². The number of nitriles is 3. The van der Waals surface area contributed by atoms with E-state index in [-0.39, 0.29) is 11.6 Å². The van der Waals surface area contributed by atoms with Gasteiger partial charge >= 0.3 is 0 Å². The summed E-state index contributed by atoms with van der Waals surface area (Å²) in [6.07, 6.45) is 6.50. The maximum Gasteiger partial charge on any atom is 0.191 e. The molecule has 1 aromatic rings. The van der Waals surface area contributed by atoms with E-state index in [1.165, 1.54) is 0 Å². The standard InChI is InChI=1S/C17H15N5/c18-8-13-11-4-1-2-5-12(11)15(14-6-3-7-22-14)17(9-19,10-20)16(13)21/h3-4,6-7,12-13,15,21-22H,1-2,5H2/t12-,13+,15-/m1/s1. The van der Waals surface area contributed by atoms with Crippen molar-refractivity contribution in [2.45, 2.75) is 25.2 Å². The van der Waals surface area contributed by atoms with Gasteiger partial charge in [-0.3, -0.25) is 0 Å². The summed E-state index contributed by atoms with van der Waals surface area (Å²) in [6, 6.07) is 9.97. The molecule has 2 N–H and O–H groups in total. The first-order valence-corrected chi connectivity index (χ1v) is 7.34. The molecule has 5 nitrogen and oxygen atoms in total. The molecule has 1 saturated carbocycles. The zero-order valence-electron chi connectivity index (χ0n) is 12.0. The van der Waals surface area contributed by atoms with Gasteiger partial charge in [0.1, 0.15) is 5.92 Å². The number of nitrogens with one attached hydrogen (secondary N) is 2. The summed E-state index contributed by atoms with van der Waals surface area (Å²) in [5.41, 5.74) is 0.0513. The lowest BCUT2D eigenvalue weighted by Crippen LogP contribution is -2.48. The molecule has 0 radical (unpaired) electrons. The Hall–Kier alpha value is -2.84. The van der Waals surface area contributed by atoms with Crippen molar-refractivity contribution in [2.75, 3.05) is 0 Å². The monoisotopic (exact) mass is 289 g/mol. The van der Waals surface area contributed by atoms with Gasteiger partial charge in [-0.05, 0) is 42.9 Å². The Kier molecular flexibility index (Phi) is 3.32. The molecule has 2 aliphatic carbocycles. The van der Waals surface area contributed by atoms with E-state index in [2.05, 4.69) is 23.2 Å². The van der Waals surface area contributed by atoms with Crippen LogP contribution in [-0.4, -0.2) is 10.7 Å². The van der Waals surface area contributed by atoms with Gasteiger partial charge < -0.3 is 10.4 Å². The molecule has 3 rings (SSSR count). The predicted octanol–water partition coefficient (Wildman–Crippen LogP) is 3.03. The molecule has 1 heterocycles. The third kappa shape index (κ3) is 1.71. The van der Waals surface area contributed by atoms with Gasteiger partial charge in [-0.1, -0.05) is 6.08 Å². The predicted molar refractivity (Wildman–Crippen MR) is 79.4 cm³/mol. The van der Waals surface area contributed by atoms with Gasteiger partial charge in [-0.15, -0.1) is 0 Å². The van der Waals surface area contributed by atoms with E-state index in [1.807, 2.05) is 18.2 Å². The summed E-state index contributed by atoms with van der Waals surface area (Å²) in [5, 5.41) is 37.3. The molecule has 22 heavy (non-hydrogen) atoms. The van der Waals surface area contributed by atoms with Crippen LogP contribution in [0.25, 0.3) is 0 Å². The van der Waals surface area contributed by atoms with Gasteiger partial charge in [0.15, 0.2) is 5.41 Å². The minimum atomic E-state index is -1.58. The van der Waals surface area contributed by atoms with Crippen molar-refractivity contribution >= 4 is 5.71 Å². The highest BCUT2D eigenvalue weighted by molar-refractivity contribution is 6.00. The maximum atomic E-state index is 9.73. The second-order valence-electron chi connectivity index (χ2n) is 5.85. The van der Waals surface area contributed by atoms with Gasteiger partial charge in [-0.25, -0.2) is 0 Å². The first kappa shape index (κ1) is 14.1. The molecule has 1 aromatic heterocycles. The minimum Gasteiger partial charge on any atom is -0.365 e. The zero-order chi connectivity index (χ0) is 15.7. The molecule has 2 aliphatic rings. The summed E-state index contributed by atoms with van der Waals surface area (Å²) in [6.45, 7) is 0. The lowest BCUT2D eigenvalue weighted by Gasteiger charge is -2.45. The van der Waals surface area contributed by atoms with Gasteiger partial charge in [0, 0.05) is 17.8 Å². The van der Waals surface area contributed by atoms with Gasteiger partial charge in [0.2, 0.25) is 0 Å². The van der Waals surface area contributed by atoms with Crippen molar-refractivity contribution in [1.29, 1.82) is 21.2 Å². The number of aromatic amines is 1. The highest BCUT2D eigenvalue weighted by atomic mass is 14.7. The van der Waals surface area contributed by atoms with E-state index in [0.717, 1.165) is 30.5 Å². The quantitative estimate of drug-likeness (QED) is 0.775. The van der Waals surface area contributed by atoms with Crippen molar-refractivity contribution in [2.24, 2.45) is 17.3 Å². The van der Waals surface area contributed by atoms with Crippen LogP contribution in [0.5, 0.6) is 0 Å². The molecule has 0 unspecified atom stereocenters. The Morgan fingerprint density at radius 2 is 2.05 bits per heavy atom. The molecule has 0 saturated heterocycles. The fourth-order valence-electron chi connectivity index (χ4n) is 3.89. The van der Waals surface area contributed by atoms with E-state index in [0.29, 0.717) is 0 Å². The lowest BCUT2D eigenvalue weighted by molar-refractivity contribution is 0.315. The van der Waals surface area contributed by atoms with E-state index in [1.54, 1.807) is 6.20 Å².